The third kappa shape index (κ3) is 3.37. The van der Waals surface area contributed by atoms with Crippen LogP contribution in [0.5, 0.6) is 17.2 Å². The van der Waals surface area contributed by atoms with Crippen LogP contribution in [-0.2, 0) is 0 Å². The van der Waals surface area contributed by atoms with Crippen molar-refractivity contribution >= 4 is 11.8 Å². The standard InChI is InChI=1S/C17H18N2O6/c20-12-9-11(10-13(21)15(12)22)16(23)18-4-2-5-19(7-6-18)17(24)14-3-1-8-25-14/h1,3,8-10,20-22H,2,4-7H2. The van der Waals surface area contributed by atoms with Crippen molar-refractivity contribution in [2.45, 2.75) is 6.42 Å². The molecule has 1 aromatic heterocycles. The molecule has 8 nitrogen and oxygen atoms in total. The number of nitrogens with zero attached hydrogens (tertiary/aromatic N) is 2. The minimum absolute atomic E-state index is 0.0682. The van der Waals surface area contributed by atoms with E-state index < -0.39 is 23.2 Å². The zero-order chi connectivity index (χ0) is 18.0. The van der Waals surface area contributed by atoms with E-state index in [2.05, 4.69) is 0 Å². The number of phenols is 3. The summed E-state index contributed by atoms with van der Waals surface area (Å²) in [7, 11) is 0. The minimum Gasteiger partial charge on any atom is -0.504 e. The number of amides is 2. The number of hydrogen-bond acceptors (Lipinski definition) is 6. The van der Waals surface area contributed by atoms with Gasteiger partial charge in [-0.2, -0.15) is 0 Å². The van der Waals surface area contributed by atoms with Crippen LogP contribution < -0.4 is 0 Å². The molecule has 2 amide bonds. The number of benzene rings is 1. The average Bonchev–Trinajstić information content (AvgIpc) is 3.02. The van der Waals surface area contributed by atoms with Gasteiger partial charge in [-0.25, -0.2) is 0 Å². The van der Waals surface area contributed by atoms with Gasteiger partial charge in [-0.15, -0.1) is 0 Å². The lowest BCUT2D eigenvalue weighted by Crippen LogP contribution is -2.37. The van der Waals surface area contributed by atoms with E-state index in [-0.39, 0.29) is 17.2 Å². The Morgan fingerprint density at radius 1 is 0.920 bits per heavy atom. The van der Waals surface area contributed by atoms with Gasteiger partial charge in [0.05, 0.1) is 6.26 Å². The van der Waals surface area contributed by atoms with Gasteiger partial charge in [0.15, 0.2) is 23.0 Å². The van der Waals surface area contributed by atoms with Gasteiger partial charge in [0, 0.05) is 31.7 Å². The summed E-state index contributed by atoms with van der Waals surface area (Å²) in [6.07, 6.45) is 2.03. The highest BCUT2D eigenvalue weighted by molar-refractivity contribution is 5.96. The summed E-state index contributed by atoms with van der Waals surface area (Å²) in [6.45, 7) is 1.59. The van der Waals surface area contributed by atoms with Crippen molar-refractivity contribution in [3.05, 3.63) is 41.9 Å². The second-order valence-corrected chi connectivity index (χ2v) is 5.78. The van der Waals surface area contributed by atoms with Crippen LogP contribution in [-0.4, -0.2) is 63.1 Å². The zero-order valence-electron chi connectivity index (χ0n) is 13.4. The third-order valence-electron chi connectivity index (χ3n) is 4.12. The van der Waals surface area contributed by atoms with Gasteiger partial charge in [0.25, 0.3) is 11.8 Å². The molecule has 0 spiro atoms. The molecule has 1 aromatic carbocycles. The lowest BCUT2D eigenvalue weighted by Gasteiger charge is -2.22. The molecule has 2 heterocycles. The number of carbonyl (C=O) groups is 2. The van der Waals surface area contributed by atoms with E-state index in [0.717, 1.165) is 12.1 Å². The fourth-order valence-corrected chi connectivity index (χ4v) is 2.79. The number of carbonyl (C=O) groups excluding carboxylic acids is 2. The molecule has 0 aliphatic carbocycles. The van der Waals surface area contributed by atoms with Gasteiger partial charge in [-0.3, -0.25) is 9.59 Å². The van der Waals surface area contributed by atoms with Crippen molar-refractivity contribution in [3.8, 4) is 17.2 Å². The number of aromatic hydroxyl groups is 3. The predicted molar refractivity (Wildman–Crippen MR) is 86.6 cm³/mol. The van der Waals surface area contributed by atoms with Gasteiger partial charge in [-0.05, 0) is 30.7 Å². The molecular formula is C17H18N2O6. The van der Waals surface area contributed by atoms with E-state index >= 15 is 0 Å². The Hall–Kier alpha value is -3.16. The Kier molecular flexibility index (Phi) is 4.51. The number of rotatable bonds is 2. The molecule has 0 saturated carbocycles. The van der Waals surface area contributed by atoms with Crippen LogP contribution in [0.2, 0.25) is 0 Å². The second kappa shape index (κ2) is 6.76. The molecule has 25 heavy (non-hydrogen) atoms. The summed E-state index contributed by atoms with van der Waals surface area (Å²) in [4.78, 5) is 28.1. The van der Waals surface area contributed by atoms with Crippen LogP contribution >= 0.6 is 0 Å². The van der Waals surface area contributed by atoms with Crippen molar-refractivity contribution in [3.63, 3.8) is 0 Å². The second-order valence-electron chi connectivity index (χ2n) is 5.78. The van der Waals surface area contributed by atoms with E-state index in [1.807, 2.05) is 0 Å². The molecule has 0 atom stereocenters. The molecule has 3 rings (SSSR count). The Balaban J connectivity index is 1.70. The maximum absolute atomic E-state index is 12.6. The maximum Gasteiger partial charge on any atom is 0.289 e. The Morgan fingerprint density at radius 3 is 2.08 bits per heavy atom. The molecule has 0 bridgehead atoms. The normalized spacial score (nSPS) is 15.0. The summed E-state index contributed by atoms with van der Waals surface area (Å²) in [6, 6.07) is 5.45. The molecule has 1 aliphatic heterocycles. The fraction of sp³-hybridized carbons (Fsp3) is 0.294. The summed E-state index contributed by atoms with van der Waals surface area (Å²) in [5, 5.41) is 28.5. The minimum atomic E-state index is -0.664. The monoisotopic (exact) mass is 346 g/mol. The zero-order valence-corrected chi connectivity index (χ0v) is 13.4. The van der Waals surface area contributed by atoms with Gasteiger partial charge in [-0.1, -0.05) is 0 Å². The first-order valence-corrected chi connectivity index (χ1v) is 7.84. The quantitative estimate of drug-likeness (QED) is 0.708. The SMILES string of the molecule is O=C(c1cc(O)c(O)c(O)c1)N1CCCN(C(=O)c2ccco2)CC1. The summed E-state index contributed by atoms with van der Waals surface area (Å²) >= 11 is 0. The topological polar surface area (TPSA) is 114 Å². The largest absolute Gasteiger partial charge is 0.504 e. The summed E-state index contributed by atoms with van der Waals surface area (Å²) in [5.41, 5.74) is 0.0682. The number of phenolic OH excluding ortho intramolecular Hbond substituents is 3. The number of hydrogen-bond donors (Lipinski definition) is 3. The number of furan rings is 1. The Labute approximate surface area is 143 Å². The molecule has 1 saturated heterocycles. The van der Waals surface area contributed by atoms with E-state index in [0.29, 0.717) is 32.6 Å². The van der Waals surface area contributed by atoms with Crippen LogP contribution in [0.3, 0.4) is 0 Å². The summed E-state index contributed by atoms with van der Waals surface area (Å²) in [5.74, 6) is -2.14. The highest BCUT2D eigenvalue weighted by atomic mass is 16.3. The van der Waals surface area contributed by atoms with E-state index in [1.165, 1.54) is 6.26 Å². The molecule has 1 fully saturated rings. The fourth-order valence-electron chi connectivity index (χ4n) is 2.79. The molecule has 1 aliphatic rings. The van der Waals surface area contributed by atoms with E-state index in [4.69, 9.17) is 4.42 Å². The van der Waals surface area contributed by atoms with Crippen molar-refractivity contribution in [1.82, 2.24) is 9.80 Å². The van der Waals surface area contributed by atoms with Crippen molar-refractivity contribution in [1.29, 1.82) is 0 Å². The van der Waals surface area contributed by atoms with Crippen LogP contribution in [0.25, 0.3) is 0 Å². The van der Waals surface area contributed by atoms with Crippen LogP contribution in [0.4, 0.5) is 0 Å². The first kappa shape index (κ1) is 16.7. The molecule has 0 unspecified atom stereocenters. The van der Waals surface area contributed by atoms with Gasteiger partial charge < -0.3 is 29.5 Å². The maximum atomic E-state index is 12.6. The van der Waals surface area contributed by atoms with Crippen molar-refractivity contribution in [2.24, 2.45) is 0 Å². The average molecular weight is 346 g/mol. The first-order valence-electron chi connectivity index (χ1n) is 7.84. The van der Waals surface area contributed by atoms with Crippen molar-refractivity contribution < 1.29 is 29.3 Å². The highest BCUT2D eigenvalue weighted by Gasteiger charge is 2.25. The van der Waals surface area contributed by atoms with E-state index in [9.17, 15) is 24.9 Å². The van der Waals surface area contributed by atoms with E-state index in [1.54, 1.807) is 21.9 Å². The highest BCUT2D eigenvalue weighted by Crippen LogP contribution is 2.35. The predicted octanol–water partition coefficient (Wildman–Crippen LogP) is 1.38. The molecule has 8 heteroatoms. The summed E-state index contributed by atoms with van der Waals surface area (Å²) < 4.78 is 5.12. The lowest BCUT2D eigenvalue weighted by atomic mass is 10.1. The van der Waals surface area contributed by atoms with Gasteiger partial charge in [0.1, 0.15) is 0 Å². The van der Waals surface area contributed by atoms with Gasteiger partial charge >= 0.3 is 0 Å². The molecule has 2 aromatic rings. The lowest BCUT2D eigenvalue weighted by molar-refractivity contribution is 0.0700. The van der Waals surface area contributed by atoms with Crippen molar-refractivity contribution in [2.75, 3.05) is 26.2 Å². The molecule has 0 radical (unpaired) electrons. The first-order chi connectivity index (χ1) is 12.0. The molecular weight excluding hydrogens is 328 g/mol. The van der Waals surface area contributed by atoms with Gasteiger partial charge in [0.2, 0.25) is 0 Å². The van der Waals surface area contributed by atoms with Crippen LogP contribution in [0, 0.1) is 0 Å². The van der Waals surface area contributed by atoms with Crippen LogP contribution in [0.15, 0.2) is 34.9 Å². The Bertz CT molecular complexity index is 763. The Morgan fingerprint density at radius 2 is 1.52 bits per heavy atom. The third-order valence-corrected chi connectivity index (χ3v) is 4.12. The van der Waals surface area contributed by atoms with Crippen LogP contribution in [0.1, 0.15) is 27.3 Å². The smallest absolute Gasteiger partial charge is 0.289 e. The molecule has 3 N–H and O–H groups in total. The molecule has 132 valence electrons.